The molecule has 94 valence electrons. The van der Waals surface area contributed by atoms with E-state index in [0.29, 0.717) is 17.0 Å². The second kappa shape index (κ2) is 5.78. The molecule has 2 aromatic rings. The number of pyridine rings is 1. The van der Waals surface area contributed by atoms with Gasteiger partial charge in [0.25, 0.3) is 0 Å². The molecule has 2 rings (SSSR count). The van der Waals surface area contributed by atoms with E-state index in [1.54, 1.807) is 24.5 Å². The van der Waals surface area contributed by atoms with Gasteiger partial charge in [0.1, 0.15) is 5.82 Å². The fraction of sp³-hybridized carbons (Fsp3) is 0.154. The van der Waals surface area contributed by atoms with E-state index in [-0.39, 0.29) is 5.82 Å². The molecular weight excluding hydrogens is 319 g/mol. The Morgan fingerprint density at radius 2 is 2.11 bits per heavy atom. The van der Waals surface area contributed by atoms with Crippen LogP contribution in [0.25, 0.3) is 0 Å². The molecular formula is C13H11BrClFN2. The summed E-state index contributed by atoms with van der Waals surface area (Å²) in [4.78, 5) is 4.05. The molecule has 1 heterocycles. The molecule has 0 saturated heterocycles. The molecule has 0 radical (unpaired) electrons. The van der Waals surface area contributed by atoms with Crippen LogP contribution in [0.4, 0.5) is 4.39 Å². The van der Waals surface area contributed by atoms with Gasteiger partial charge in [-0.1, -0.05) is 17.7 Å². The minimum Gasteiger partial charge on any atom is -0.324 e. The number of rotatable bonds is 3. The molecule has 0 fully saturated rings. The van der Waals surface area contributed by atoms with Gasteiger partial charge >= 0.3 is 0 Å². The Labute approximate surface area is 118 Å². The Balaban J connectivity index is 2.19. The van der Waals surface area contributed by atoms with Crippen molar-refractivity contribution in [2.45, 2.75) is 12.5 Å². The summed E-state index contributed by atoms with van der Waals surface area (Å²) in [5.41, 5.74) is 7.41. The van der Waals surface area contributed by atoms with Gasteiger partial charge in [0, 0.05) is 33.5 Å². The molecule has 5 heteroatoms. The normalized spacial score (nSPS) is 12.4. The maximum absolute atomic E-state index is 13.7. The first kappa shape index (κ1) is 13.5. The van der Waals surface area contributed by atoms with Crippen LogP contribution >= 0.6 is 27.5 Å². The van der Waals surface area contributed by atoms with Crippen molar-refractivity contribution in [1.29, 1.82) is 0 Å². The molecule has 2 N–H and O–H groups in total. The van der Waals surface area contributed by atoms with Crippen molar-refractivity contribution in [1.82, 2.24) is 4.98 Å². The Morgan fingerprint density at radius 3 is 2.78 bits per heavy atom. The summed E-state index contributed by atoms with van der Waals surface area (Å²) in [6, 6.07) is 6.03. The first-order valence-electron chi connectivity index (χ1n) is 5.36. The van der Waals surface area contributed by atoms with Crippen molar-refractivity contribution in [3.05, 3.63) is 63.1 Å². The summed E-state index contributed by atoms with van der Waals surface area (Å²) in [6.07, 6.45) is 3.93. The third kappa shape index (κ3) is 3.28. The number of nitrogens with zero attached hydrogens (tertiary/aromatic N) is 1. The van der Waals surface area contributed by atoms with Gasteiger partial charge in [-0.05, 0) is 46.1 Å². The molecule has 0 saturated carbocycles. The highest BCUT2D eigenvalue weighted by Crippen LogP contribution is 2.22. The molecule has 1 aromatic heterocycles. The SMILES string of the molecule is NC(Cc1cncc(Br)c1)c1ccc(Cl)cc1F. The minimum atomic E-state index is -0.418. The number of aromatic nitrogens is 1. The highest BCUT2D eigenvalue weighted by Gasteiger charge is 2.12. The second-order valence-electron chi connectivity index (χ2n) is 3.99. The van der Waals surface area contributed by atoms with Crippen LogP contribution in [0.3, 0.4) is 0 Å². The van der Waals surface area contributed by atoms with Crippen LogP contribution in [0.5, 0.6) is 0 Å². The topological polar surface area (TPSA) is 38.9 Å². The molecule has 1 unspecified atom stereocenters. The van der Waals surface area contributed by atoms with E-state index in [4.69, 9.17) is 17.3 Å². The van der Waals surface area contributed by atoms with Crippen molar-refractivity contribution in [2.24, 2.45) is 5.73 Å². The van der Waals surface area contributed by atoms with E-state index in [0.717, 1.165) is 10.0 Å². The summed E-state index contributed by atoms with van der Waals surface area (Å²) in [5.74, 6) is -0.377. The van der Waals surface area contributed by atoms with E-state index in [9.17, 15) is 4.39 Å². The lowest BCUT2D eigenvalue weighted by Crippen LogP contribution is -2.15. The zero-order valence-corrected chi connectivity index (χ0v) is 11.7. The zero-order valence-electron chi connectivity index (χ0n) is 9.41. The summed E-state index contributed by atoms with van der Waals surface area (Å²) < 4.78 is 14.6. The molecule has 1 aromatic carbocycles. The molecule has 18 heavy (non-hydrogen) atoms. The van der Waals surface area contributed by atoms with E-state index in [1.807, 2.05) is 6.07 Å². The van der Waals surface area contributed by atoms with E-state index < -0.39 is 6.04 Å². The number of benzene rings is 1. The summed E-state index contributed by atoms with van der Waals surface area (Å²) >= 11 is 9.04. The maximum atomic E-state index is 13.7. The number of nitrogens with two attached hydrogens (primary N) is 1. The standard InChI is InChI=1S/C13H11BrClFN2/c14-9-3-8(6-18-7-9)4-13(17)11-2-1-10(15)5-12(11)16/h1-3,5-7,13H,4,17H2. The smallest absolute Gasteiger partial charge is 0.129 e. The molecule has 0 amide bonds. The fourth-order valence-corrected chi connectivity index (χ4v) is 2.30. The van der Waals surface area contributed by atoms with E-state index >= 15 is 0 Å². The maximum Gasteiger partial charge on any atom is 0.129 e. The van der Waals surface area contributed by atoms with E-state index in [2.05, 4.69) is 20.9 Å². The first-order chi connectivity index (χ1) is 8.56. The average molecular weight is 330 g/mol. The van der Waals surface area contributed by atoms with Crippen LogP contribution in [0, 0.1) is 5.82 Å². The van der Waals surface area contributed by atoms with Crippen LogP contribution in [-0.4, -0.2) is 4.98 Å². The second-order valence-corrected chi connectivity index (χ2v) is 5.34. The zero-order chi connectivity index (χ0) is 13.1. The Hall–Kier alpha value is -0.970. The lowest BCUT2D eigenvalue weighted by molar-refractivity contribution is 0.580. The Morgan fingerprint density at radius 1 is 1.33 bits per heavy atom. The lowest BCUT2D eigenvalue weighted by Gasteiger charge is -2.13. The van der Waals surface area contributed by atoms with Crippen LogP contribution in [0.1, 0.15) is 17.2 Å². The summed E-state index contributed by atoms with van der Waals surface area (Å²) in [5, 5.41) is 0.368. The third-order valence-electron chi connectivity index (χ3n) is 2.58. The minimum absolute atomic E-state index is 0.368. The van der Waals surface area contributed by atoms with Gasteiger partial charge in [0.15, 0.2) is 0 Å². The fourth-order valence-electron chi connectivity index (χ4n) is 1.73. The van der Waals surface area contributed by atoms with Crippen LogP contribution in [-0.2, 0) is 6.42 Å². The van der Waals surface area contributed by atoms with Crippen molar-refractivity contribution < 1.29 is 4.39 Å². The van der Waals surface area contributed by atoms with Gasteiger partial charge in [-0.3, -0.25) is 4.98 Å². The van der Waals surface area contributed by atoms with Gasteiger partial charge < -0.3 is 5.73 Å². The van der Waals surface area contributed by atoms with Crippen LogP contribution in [0.2, 0.25) is 5.02 Å². The number of hydrogen-bond acceptors (Lipinski definition) is 2. The van der Waals surface area contributed by atoms with Crippen molar-refractivity contribution in [3.8, 4) is 0 Å². The van der Waals surface area contributed by atoms with Gasteiger partial charge in [-0.2, -0.15) is 0 Å². The largest absolute Gasteiger partial charge is 0.324 e. The first-order valence-corrected chi connectivity index (χ1v) is 6.53. The average Bonchev–Trinajstić information content (AvgIpc) is 2.28. The molecule has 1 atom stereocenters. The lowest BCUT2D eigenvalue weighted by atomic mass is 10.0. The van der Waals surface area contributed by atoms with Gasteiger partial charge in [0.2, 0.25) is 0 Å². The van der Waals surface area contributed by atoms with Gasteiger partial charge in [-0.25, -0.2) is 4.39 Å². The predicted molar refractivity (Wildman–Crippen MR) is 74.0 cm³/mol. The van der Waals surface area contributed by atoms with Gasteiger partial charge in [-0.15, -0.1) is 0 Å². The molecule has 0 aliphatic heterocycles. The van der Waals surface area contributed by atoms with Crippen LogP contribution < -0.4 is 5.73 Å². The van der Waals surface area contributed by atoms with Gasteiger partial charge in [0.05, 0.1) is 0 Å². The number of halogens is 3. The van der Waals surface area contributed by atoms with Crippen molar-refractivity contribution in [2.75, 3.05) is 0 Å². The molecule has 0 spiro atoms. The molecule has 0 aliphatic rings. The Kier molecular flexibility index (Phi) is 4.32. The highest BCUT2D eigenvalue weighted by atomic mass is 79.9. The third-order valence-corrected chi connectivity index (χ3v) is 3.25. The predicted octanol–water partition coefficient (Wildman–Crippen LogP) is 3.88. The quantitative estimate of drug-likeness (QED) is 0.928. The van der Waals surface area contributed by atoms with E-state index in [1.165, 1.54) is 6.07 Å². The highest BCUT2D eigenvalue weighted by molar-refractivity contribution is 9.10. The number of hydrogen-bond donors (Lipinski definition) is 1. The van der Waals surface area contributed by atoms with Crippen molar-refractivity contribution in [3.63, 3.8) is 0 Å². The molecule has 0 aliphatic carbocycles. The van der Waals surface area contributed by atoms with Crippen molar-refractivity contribution >= 4 is 27.5 Å². The summed E-state index contributed by atoms with van der Waals surface area (Å²) in [6.45, 7) is 0. The summed E-state index contributed by atoms with van der Waals surface area (Å²) in [7, 11) is 0. The Bertz CT molecular complexity index is 562. The monoisotopic (exact) mass is 328 g/mol. The molecule has 2 nitrogen and oxygen atoms in total. The van der Waals surface area contributed by atoms with Crippen LogP contribution in [0.15, 0.2) is 41.1 Å². The molecule has 0 bridgehead atoms.